The topological polar surface area (TPSA) is 81.4 Å². The predicted molar refractivity (Wildman–Crippen MR) is 78.8 cm³/mol. The Hall–Kier alpha value is -2.97. The minimum absolute atomic E-state index is 0.283. The van der Waals surface area contributed by atoms with Crippen LogP contribution in [0.4, 0.5) is 5.69 Å². The fourth-order valence-corrected chi connectivity index (χ4v) is 2.62. The molecule has 2 amide bonds. The van der Waals surface area contributed by atoms with E-state index in [-0.39, 0.29) is 5.56 Å². The summed E-state index contributed by atoms with van der Waals surface area (Å²) in [5.74, 6) is -1.31. The second-order valence-electron chi connectivity index (χ2n) is 5.02. The van der Waals surface area contributed by atoms with Gasteiger partial charge in [-0.25, -0.2) is 4.90 Å². The zero-order chi connectivity index (χ0) is 15.7. The van der Waals surface area contributed by atoms with Crippen molar-refractivity contribution in [2.75, 3.05) is 4.90 Å². The van der Waals surface area contributed by atoms with E-state index in [2.05, 4.69) is 0 Å². The summed E-state index contributed by atoms with van der Waals surface area (Å²) < 4.78 is 0. The molecule has 2 aromatic carbocycles. The molecule has 22 heavy (non-hydrogen) atoms. The second-order valence-corrected chi connectivity index (χ2v) is 5.02. The van der Waals surface area contributed by atoms with Crippen molar-refractivity contribution in [3.8, 4) is 6.07 Å². The Bertz CT molecular complexity index is 795. The summed E-state index contributed by atoms with van der Waals surface area (Å²) in [5.41, 5.74) is -1.03. The van der Waals surface area contributed by atoms with Crippen LogP contribution in [0.5, 0.6) is 0 Å². The number of hydrogen-bond acceptors (Lipinski definition) is 4. The van der Waals surface area contributed by atoms with E-state index < -0.39 is 23.8 Å². The number of aliphatic hydroxyl groups is 1. The van der Waals surface area contributed by atoms with Crippen LogP contribution in [-0.2, 0) is 10.4 Å². The average molecular weight is 292 g/mol. The zero-order valence-corrected chi connectivity index (χ0v) is 11.6. The van der Waals surface area contributed by atoms with Gasteiger partial charge >= 0.3 is 0 Å². The molecule has 0 saturated carbocycles. The van der Waals surface area contributed by atoms with Gasteiger partial charge in [-0.15, -0.1) is 0 Å². The molecule has 0 aliphatic carbocycles. The molecule has 108 valence electrons. The normalized spacial score (nSPS) is 19.6. The highest BCUT2D eigenvalue weighted by Crippen LogP contribution is 2.42. The summed E-state index contributed by atoms with van der Waals surface area (Å²) >= 11 is 0. The maximum atomic E-state index is 12.6. The molecule has 1 heterocycles. The van der Waals surface area contributed by atoms with Crippen molar-refractivity contribution >= 4 is 17.5 Å². The van der Waals surface area contributed by atoms with Gasteiger partial charge in [-0.3, -0.25) is 9.59 Å². The lowest BCUT2D eigenvalue weighted by Crippen LogP contribution is -2.43. The predicted octanol–water partition coefficient (Wildman–Crippen LogP) is 1.97. The van der Waals surface area contributed by atoms with E-state index in [1.54, 1.807) is 54.6 Å². The van der Waals surface area contributed by atoms with Gasteiger partial charge in [0.05, 0.1) is 18.2 Å². The van der Waals surface area contributed by atoms with Crippen molar-refractivity contribution in [2.45, 2.75) is 12.0 Å². The van der Waals surface area contributed by atoms with Crippen LogP contribution in [0, 0.1) is 11.3 Å². The molecular formula is C17H12N2O3. The van der Waals surface area contributed by atoms with Crippen molar-refractivity contribution in [3.05, 3.63) is 65.7 Å². The number of nitrogens with zero attached hydrogens (tertiary/aromatic N) is 2. The Balaban J connectivity index is 2.13. The fraction of sp³-hybridized carbons (Fsp3) is 0.118. The minimum Gasteiger partial charge on any atom is -0.374 e. The Morgan fingerprint density at radius 1 is 1.14 bits per heavy atom. The summed E-state index contributed by atoms with van der Waals surface area (Å²) in [7, 11) is 0. The molecular weight excluding hydrogens is 280 g/mol. The highest BCUT2D eigenvalue weighted by atomic mass is 16.3. The first-order valence-electron chi connectivity index (χ1n) is 6.72. The Kier molecular flexibility index (Phi) is 3.24. The van der Waals surface area contributed by atoms with E-state index in [0.29, 0.717) is 11.3 Å². The summed E-state index contributed by atoms with van der Waals surface area (Å²) in [6.07, 6.45) is -0.401. The molecule has 1 aliphatic rings. The van der Waals surface area contributed by atoms with Crippen molar-refractivity contribution in [1.82, 2.24) is 0 Å². The van der Waals surface area contributed by atoms with Crippen LogP contribution in [0.3, 0.4) is 0 Å². The number of imide groups is 1. The van der Waals surface area contributed by atoms with Crippen LogP contribution in [0.15, 0.2) is 54.6 Å². The van der Waals surface area contributed by atoms with Crippen LogP contribution in [-0.4, -0.2) is 16.9 Å². The van der Waals surface area contributed by atoms with Crippen LogP contribution < -0.4 is 4.90 Å². The lowest BCUT2D eigenvalue weighted by molar-refractivity contribution is -0.134. The van der Waals surface area contributed by atoms with Gasteiger partial charge in [-0.05, 0) is 18.2 Å². The van der Waals surface area contributed by atoms with Crippen molar-refractivity contribution in [2.24, 2.45) is 0 Å². The summed E-state index contributed by atoms with van der Waals surface area (Å²) in [4.78, 5) is 26.2. The second kappa shape index (κ2) is 5.10. The molecule has 1 atom stereocenters. The first kappa shape index (κ1) is 14.0. The van der Waals surface area contributed by atoms with Crippen LogP contribution in [0.25, 0.3) is 0 Å². The smallest absolute Gasteiger partial charge is 0.271 e. The van der Waals surface area contributed by atoms with Gasteiger partial charge in [0.1, 0.15) is 0 Å². The number of amides is 2. The standard InChI is InChI=1S/C17H12N2O3/c18-11-10-17(22)13-8-4-5-9-14(13)19(16(17)21)15(20)12-6-2-1-3-7-12/h1-9,22H,10H2. The highest BCUT2D eigenvalue weighted by molar-refractivity contribution is 6.26. The number of fused-ring (bicyclic) bond motifs is 1. The lowest BCUT2D eigenvalue weighted by Gasteiger charge is -2.19. The van der Waals surface area contributed by atoms with Gasteiger partial charge in [0.15, 0.2) is 5.60 Å². The molecule has 0 bridgehead atoms. The summed E-state index contributed by atoms with van der Waals surface area (Å²) in [6.45, 7) is 0. The first-order valence-corrected chi connectivity index (χ1v) is 6.72. The Labute approximate surface area is 127 Å². The molecule has 5 nitrogen and oxygen atoms in total. The van der Waals surface area contributed by atoms with E-state index in [1.807, 2.05) is 6.07 Å². The number of anilines is 1. The number of para-hydroxylation sites is 1. The van der Waals surface area contributed by atoms with E-state index in [9.17, 15) is 14.7 Å². The third-order valence-electron chi connectivity index (χ3n) is 3.71. The van der Waals surface area contributed by atoms with E-state index in [4.69, 9.17) is 5.26 Å². The molecule has 1 aliphatic heterocycles. The molecule has 2 aromatic rings. The number of benzene rings is 2. The maximum Gasteiger partial charge on any atom is 0.271 e. The van der Waals surface area contributed by atoms with E-state index in [0.717, 1.165) is 4.90 Å². The summed E-state index contributed by atoms with van der Waals surface area (Å²) in [6, 6.07) is 16.6. The van der Waals surface area contributed by atoms with Crippen molar-refractivity contribution < 1.29 is 14.7 Å². The lowest BCUT2D eigenvalue weighted by atomic mass is 9.93. The van der Waals surface area contributed by atoms with Gasteiger partial charge in [0.2, 0.25) is 0 Å². The largest absolute Gasteiger partial charge is 0.374 e. The Morgan fingerprint density at radius 2 is 1.77 bits per heavy atom. The first-order chi connectivity index (χ1) is 10.6. The number of carbonyl (C=O) groups excluding carboxylic acids is 2. The van der Waals surface area contributed by atoms with Crippen LogP contribution >= 0.6 is 0 Å². The van der Waals surface area contributed by atoms with Gasteiger partial charge in [-0.1, -0.05) is 36.4 Å². The number of hydrogen-bond donors (Lipinski definition) is 1. The maximum absolute atomic E-state index is 12.6. The third kappa shape index (κ3) is 1.90. The molecule has 0 fully saturated rings. The van der Waals surface area contributed by atoms with Crippen molar-refractivity contribution in [1.29, 1.82) is 5.26 Å². The molecule has 0 aromatic heterocycles. The molecule has 0 saturated heterocycles. The molecule has 5 heteroatoms. The SMILES string of the molecule is N#CCC1(O)C(=O)N(C(=O)c2ccccc2)c2ccccc21. The monoisotopic (exact) mass is 292 g/mol. The van der Waals surface area contributed by atoms with Crippen LogP contribution in [0.1, 0.15) is 22.3 Å². The van der Waals surface area contributed by atoms with Gasteiger partial charge in [0.25, 0.3) is 11.8 Å². The third-order valence-corrected chi connectivity index (χ3v) is 3.71. The van der Waals surface area contributed by atoms with Gasteiger partial charge < -0.3 is 5.11 Å². The summed E-state index contributed by atoms with van der Waals surface area (Å²) in [5, 5.41) is 19.5. The highest BCUT2D eigenvalue weighted by Gasteiger charge is 2.51. The zero-order valence-electron chi connectivity index (χ0n) is 11.6. The van der Waals surface area contributed by atoms with Crippen LogP contribution in [0.2, 0.25) is 0 Å². The molecule has 1 N–H and O–H groups in total. The molecule has 1 unspecified atom stereocenters. The van der Waals surface area contributed by atoms with E-state index in [1.165, 1.54) is 0 Å². The van der Waals surface area contributed by atoms with Gasteiger partial charge in [0, 0.05) is 11.1 Å². The minimum atomic E-state index is -1.98. The average Bonchev–Trinajstić information content (AvgIpc) is 2.77. The van der Waals surface area contributed by atoms with Gasteiger partial charge in [-0.2, -0.15) is 5.26 Å². The Morgan fingerprint density at radius 3 is 2.45 bits per heavy atom. The number of nitriles is 1. The van der Waals surface area contributed by atoms with E-state index >= 15 is 0 Å². The molecule has 0 radical (unpaired) electrons. The molecule has 3 rings (SSSR count). The fourth-order valence-electron chi connectivity index (χ4n) is 2.62. The quantitative estimate of drug-likeness (QED) is 0.858. The number of carbonyl (C=O) groups is 2. The van der Waals surface area contributed by atoms with Crippen molar-refractivity contribution in [3.63, 3.8) is 0 Å². The molecule has 0 spiro atoms. The number of rotatable bonds is 2.